The Hall–Kier alpha value is -0.500. The van der Waals surface area contributed by atoms with Crippen LogP contribution >= 0.6 is 0 Å². The topological polar surface area (TPSA) is 29.5 Å². The van der Waals surface area contributed by atoms with E-state index in [1.54, 1.807) is 0 Å². The molecular formula is C12H22O2. The summed E-state index contributed by atoms with van der Waals surface area (Å²) in [5, 5.41) is 8.88. The van der Waals surface area contributed by atoms with Gasteiger partial charge in [0, 0.05) is 19.4 Å². The molecule has 0 amide bonds. The first-order valence-electron chi connectivity index (χ1n) is 5.52. The van der Waals surface area contributed by atoms with Gasteiger partial charge in [-0.1, -0.05) is 6.92 Å². The van der Waals surface area contributed by atoms with Gasteiger partial charge in [-0.25, -0.2) is 0 Å². The van der Waals surface area contributed by atoms with Crippen LogP contribution in [0, 0.1) is 5.92 Å². The van der Waals surface area contributed by atoms with Crippen molar-refractivity contribution in [1.82, 2.24) is 0 Å². The number of rotatable bonds is 4. The van der Waals surface area contributed by atoms with Gasteiger partial charge in [-0.3, -0.25) is 0 Å². The van der Waals surface area contributed by atoms with Crippen molar-refractivity contribution < 1.29 is 9.84 Å². The van der Waals surface area contributed by atoms with Crippen LogP contribution in [0.25, 0.3) is 0 Å². The Morgan fingerprint density at radius 3 is 2.86 bits per heavy atom. The molecule has 1 unspecified atom stereocenters. The molecule has 0 aromatic rings. The van der Waals surface area contributed by atoms with Crippen molar-refractivity contribution in [1.29, 1.82) is 0 Å². The van der Waals surface area contributed by atoms with Crippen molar-refractivity contribution >= 4 is 0 Å². The molecule has 82 valence electrons. The smallest absolute Gasteiger partial charge is 0.105 e. The number of hydrogen-bond donors (Lipinski definition) is 1. The van der Waals surface area contributed by atoms with E-state index in [2.05, 4.69) is 13.0 Å². The van der Waals surface area contributed by atoms with Crippen molar-refractivity contribution in [2.75, 3.05) is 6.61 Å². The van der Waals surface area contributed by atoms with Gasteiger partial charge in [0.25, 0.3) is 0 Å². The van der Waals surface area contributed by atoms with Gasteiger partial charge in [-0.15, -0.1) is 0 Å². The fraction of sp³-hybridized carbons (Fsp3) is 0.833. The Morgan fingerprint density at radius 2 is 2.29 bits per heavy atom. The van der Waals surface area contributed by atoms with E-state index in [0.29, 0.717) is 6.42 Å². The standard InChI is InChI=1S/C12H22O2/c1-10-5-4-6-11(9-10)14-12(2,3)7-8-13/h6,10,13H,4-5,7-9H2,1-3H3. The molecular weight excluding hydrogens is 176 g/mol. The molecule has 0 saturated heterocycles. The molecule has 0 heterocycles. The summed E-state index contributed by atoms with van der Waals surface area (Å²) in [4.78, 5) is 0. The predicted octanol–water partition coefficient (Wildman–Crippen LogP) is 2.87. The van der Waals surface area contributed by atoms with Gasteiger partial charge in [-0.2, -0.15) is 0 Å². The summed E-state index contributed by atoms with van der Waals surface area (Å²) < 4.78 is 5.89. The van der Waals surface area contributed by atoms with Crippen LogP contribution in [0.15, 0.2) is 11.8 Å². The fourth-order valence-electron chi connectivity index (χ4n) is 1.82. The highest BCUT2D eigenvalue weighted by Gasteiger charge is 2.22. The predicted molar refractivity (Wildman–Crippen MR) is 58.0 cm³/mol. The van der Waals surface area contributed by atoms with E-state index < -0.39 is 0 Å². The summed E-state index contributed by atoms with van der Waals surface area (Å²) in [5.41, 5.74) is -0.225. The van der Waals surface area contributed by atoms with Crippen LogP contribution in [-0.4, -0.2) is 17.3 Å². The molecule has 0 saturated carbocycles. The lowest BCUT2D eigenvalue weighted by molar-refractivity contribution is 0.00457. The minimum absolute atomic E-state index is 0.190. The highest BCUT2D eigenvalue weighted by Crippen LogP contribution is 2.28. The molecule has 1 atom stereocenters. The number of allylic oxidation sites excluding steroid dienone is 2. The second-order valence-electron chi connectivity index (χ2n) is 4.89. The second-order valence-corrected chi connectivity index (χ2v) is 4.89. The molecule has 14 heavy (non-hydrogen) atoms. The summed E-state index contributed by atoms with van der Waals surface area (Å²) in [5.74, 6) is 1.85. The zero-order valence-corrected chi connectivity index (χ0v) is 9.55. The van der Waals surface area contributed by atoms with Gasteiger partial charge in [0.2, 0.25) is 0 Å². The van der Waals surface area contributed by atoms with Gasteiger partial charge >= 0.3 is 0 Å². The average molecular weight is 198 g/mol. The molecule has 1 aliphatic rings. The lowest BCUT2D eigenvalue weighted by Gasteiger charge is -2.30. The lowest BCUT2D eigenvalue weighted by Crippen LogP contribution is -2.26. The van der Waals surface area contributed by atoms with E-state index in [0.717, 1.165) is 24.5 Å². The molecule has 1 rings (SSSR count). The summed E-state index contributed by atoms with van der Waals surface area (Å²) in [6.45, 7) is 6.51. The van der Waals surface area contributed by atoms with Crippen LogP contribution in [0.3, 0.4) is 0 Å². The SMILES string of the molecule is CC1CCC=C(OC(C)(C)CCO)C1. The minimum Gasteiger partial charge on any atom is -0.492 e. The molecule has 0 bridgehead atoms. The third-order valence-corrected chi connectivity index (χ3v) is 2.70. The molecule has 0 spiro atoms. The lowest BCUT2D eigenvalue weighted by atomic mass is 9.94. The zero-order chi connectivity index (χ0) is 10.6. The quantitative estimate of drug-likeness (QED) is 0.752. The first kappa shape index (κ1) is 11.6. The monoisotopic (exact) mass is 198 g/mol. The van der Waals surface area contributed by atoms with Crippen LogP contribution in [0.4, 0.5) is 0 Å². The Bertz CT molecular complexity index is 206. The molecule has 1 N–H and O–H groups in total. The van der Waals surface area contributed by atoms with Crippen molar-refractivity contribution in [2.24, 2.45) is 5.92 Å². The van der Waals surface area contributed by atoms with Gasteiger partial charge in [-0.05, 0) is 38.7 Å². The van der Waals surface area contributed by atoms with Crippen LogP contribution in [0.5, 0.6) is 0 Å². The summed E-state index contributed by atoms with van der Waals surface area (Å²) >= 11 is 0. The van der Waals surface area contributed by atoms with Crippen molar-refractivity contribution in [3.8, 4) is 0 Å². The highest BCUT2D eigenvalue weighted by atomic mass is 16.5. The van der Waals surface area contributed by atoms with Crippen LogP contribution < -0.4 is 0 Å². The van der Waals surface area contributed by atoms with Crippen LogP contribution in [0.1, 0.15) is 46.5 Å². The largest absolute Gasteiger partial charge is 0.492 e. The molecule has 2 heteroatoms. The first-order chi connectivity index (χ1) is 6.53. The van der Waals surface area contributed by atoms with Crippen LogP contribution in [-0.2, 0) is 4.74 Å². The maximum absolute atomic E-state index is 8.88. The maximum atomic E-state index is 8.88. The van der Waals surface area contributed by atoms with Crippen molar-refractivity contribution in [3.05, 3.63) is 11.8 Å². The van der Waals surface area contributed by atoms with E-state index in [1.165, 1.54) is 6.42 Å². The van der Waals surface area contributed by atoms with Crippen molar-refractivity contribution in [3.63, 3.8) is 0 Å². The number of aliphatic hydroxyl groups is 1. The van der Waals surface area contributed by atoms with Gasteiger partial charge in [0.1, 0.15) is 5.60 Å². The molecule has 0 fully saturated rings. The van der Waals surface area contributed by atoms with Crippen molar-refractivity contribution in [2.45, 2.75) is 52.1 Å². The number of hydrogen-bond acceptors (Lipinski definition) is 2. The Morgan fingerprint density at radius 1 is 1.57 bits per heavy atom. The Labute approximate surface area is 87.0 Å². The van der Waals surface area contributed by atoms with Crippen LogP contribution in [0.2, 0.25) is 0 Å². The summed E-state index contributed by atoms with van der Waals surface area (Å²) in [6.07, 6.45) is 6.34. The average Bonchev–Trinajstić information content (AvgIpc) is 2.02. The number of ether oxygens (including phenoxy) is 1. The maximum Gasteiger partial charge on any atom is 0.105 e. The third kappa shape index (κ3) is 3.70. The molecule has 0 aliphatic heterocycles. The molecule has 2 nitrogen and oxygen atoms in total. The van der Waals surface area contributed by atoms with E-state index in [4.69, 9.17) is 9.84 Å². The number of aliphatic hydroxyl groups excluding tert-OH is 1. The van der Waals surface area contributed by atoms with E-state index in [9.17, 15) is 0 Å². The Kier molecular flexibility index (Phi) is 3.99. The molecule has 1 aliphatic carbocycles. The third-order valence-electron chi connectivity index (χ3n) is 2.70. The Balaban J connectivity index is 2.46. The van der Waals surface area contributed by atoms with E-state index >= 15 is 0 Å². The molecule has 0 aromatic carbocycles. The van der Waals surface area contributed by atoms with Gasteiger partial charge in [0.15, 0.2) is 0 Å². The summed E-state index contributed by atoms with van der Waals surface area (Å²) in [6, 6.07) is 0. The minimum atomic E-state index is -0.225. The first-order valence-corrected chi connectivity index (χ1v) is 5.52. The zero-order valence-electron chi connectivity index (χ0n) is 9.55. The fourth-order valence-corrected chi connectivity index (χ4v) is 1.82. The second kappa shape index (κ2) is 4.83. The normalized spacial score (nSPS) is 23.1. The molecule has 0 aromatic heterocycles. The van der Waals surface area contributed by atoms with Gasteiger partial charge in [0.05, 0.1) is 5.76 Å². The molecule has 0 radical (unpaired) electrons. The summed E-state index contributed by atoms with van der Waals surface area (Å²) in [7, 11) is 0. The van der Waals surface area contributed by atoms with E-state index in [1.807, 2.05) is 13.8 Å². The van der Waals surface area contributed by atoms with Gasteiger partial charge < -0.3 is 9.84 Å². The van der Waals surface area contributed by atoms with E-state index in [-0.39, 0.29) is 12.2 Å². The highest BCUT2D eigenvalue weighted by molar-refractivity contribution is 5.00.